The predicted molar refractivity (Wildman–Crippen MR) is 259 cm³/mol. The van der Waals surface area contributed by atoms with E-state index in [1.807, 2.05) is 71.0 Å². The molecule has 2 saturated heterocycles. The lowest BCUT2D eigenvalue weighted by Crippen LogP contribution is -2.52. The SMILES string of the molecule is CCOC(=O)C1=C[C@]2(CC)CCCN(C(C)=O)[C@@H]2n2c1c([C@@H]1Cc3ccccc3N(C(C)=O)[C@H]1c1c3n(c4ccccc14)[C@H]1N(C(C)=O)CCC[C@@]1(CC)C=C3C(=O)OCC)c1ccccc12. The number of rotatable bonds is 8. The molecule has 0 radical (unpaired) electrons. The summed E-state index contributed by atoms with van der Waals surface area (Å²) in [6.07, 6.45) is 8.27. The van der Waals surface area contributed by atoms with Crippen molar-refractivity contribution in [2.24, 2.45) is 10.8 Å². The minimum atomic E-state index is -0.748. The maximum absolute atomic E-state index is 14.9. The largest absolute Gasteiger partial charge is 0.462 e. The third kappa shape index (κ3) is 6.48. The number of amides is 3. The van der Waals surface area contributed by atoms with Gasteiger partial charge in [0.1, 0.15) is 12.3 Å². The molecular weight excluding hydrogens is 843 g/mol. The fourth-order valence-electron chi connectivity index (χ4n) is 13.3. The van der Waals surface area contributed by atoms with Gasteiger partial charge in [0.25, 0.3) is 0 Å². The first-order chi connectivity index (χ1) is 32.4. The molecule has 0 unspecified atom stereocenters. The second-order valence-electron chi connectivity index (χ2n) is 19.2. The van der Waals surface area contributed by atoms with Crippen LogP contribution < -0.4 is 4.90 Å². The Kier molecular flexibility index (Phi) is 11.1. The van der Waals surface area contributed by atoms with Crippen LogP contribution in [0.15, 0.2) is 84.9 Å². The molecule has 12 heteroatoms. The highest BCUT2D eigenvalue weighted by Crippen LogP contribution is 2.61. The first-order valence-corrected chi connectivity index (χ1v) is 24.3. The van der Waals surface area contributed by atoms with E-state index >= 15 is 0 Å². The Morgan fingerprint density at radius 2 is 1.06 bits per heavy atom. The number of piperidine rings is 2. The topological polar surface area (TPSA) is 123 Å². The van der Waals surface area contributed by atoms with E-state index in [2.05, 4.69) is 65.5 Å². The molecule has 5 aromatic rings. The van der Waals surface area contributed by atoms with E-state index in [1.54, 1.807) is 20.8 Å². The van der Waals surface area contributed by atoms with E-state index in [9.17, 15) is 24.0 Å². The molecule has 0 bridgehead atoms. The lowest BCUT2D eigenvalue weighted by molar-refractivity contribution is -0.141. The molecule has 12 nitrogen and oxygen atoms in total. The van der Waals surface area contributed by atoms with Crippen LogP contribution in [0.5, 0.6) is 0 Å². The van der Waals surface area contributed by atoms with Crippen LogP contribution in [-0.2, 0) is 39.9 Å². The number of aromatic nitrogens is 2. The third-order valence-corrected chi connectivity index (χ3v) is 15.9. The van der Waals surface area contributed by atoms with Gasteiger partial charge in [-0.3, -0.25) is 14.4 Å². The molecule has 2 aromatic heterocycles. The molecule has 0 N–H and O–H groups in total. The lowest BCUT2D eigenvalue weighted by Gasteiger charge is -2.52. The summed E-state index contributed by atoms with van der Waals surface area (Å²) in [4.78, 5) is 78.0. The normalized spacial score (nSPS) is 25.3. The minimum Gasteiger partial charge on any atom is -0.462 e. The number of carbonyl (C=O) groups is 5. The average Bonchev–Trinajstić information content (AvgIpc) is 3.86. The molecule has 348 valence electrons. The number of anilines is 1. The predicted octanol–water partition coefficient (Wildman–Crippen LogP) is 10.0. The van der Waals surface area contributed by atoms with E-state index < -0.39 is 47.1 Å². The number of carbonyl (C=O) groups excluding carboxylic acids is 5. The van der Waals surface area contributed by atoms with Crippen LogP contribution in [0, 0.1) is 10.8 Å². The van der Waals surface area contributed by atoms with Crippen molar-refractivity contribution in [3.05, 3.63) is 113 Å². The van der Waals surface area contributed by atoms with Crippen molar-refractivity contribution in [3.63, 3.8) is 0 Å². The summed E-state index contributed by atoms with van der Waals surface area (Å²) >= 11 is 0. The van der Waals surface area contributed by atoms with Crippen molar-refractivity contribution < 1.29 is 33.4 Å². The van der Waals surface area contributed by atoms with Gasteiger partial charge in [-0.2, -0.15) is 0 Å². The van der Waals surface area contributed by atoms with Crippen LogP contribution in [0.4, 0.5) is 5.69 Å². The van der Waals surface area contributed by atoms with Crippen molar-refractivity contribution in [1.82, 2.24) is 18.9 Å². The quantitative estimate of drug-likeness (QED) is 0.142. The number of hydrogen-bond donors (Lipinski definition) is 0. The number of hydrogen-bond acceptors (Lipinski definition) is 7. The molecule has 6 atom stereocenters. The molecule has 10 rings (SSSR count). The van der Waals surface area contributed by atoms with Crippen LogP contribution in [0.1, 0.15) is 139 Å². The molecule has 7 heterocycles. The summed E-state index contributed by atoms with van der Waals surface area (Å²) in [6, 6.07) is 23.6. The van der Waals surface area contributed by atoms with Crippen molar-refractivity contribution >= 4 is 68.3 Å². The second kappa shape index (κ2) is 16.7. The van der Waals surface area contributed by atoms with Gasteiger partial charge in [0.05, 0.1) is 52.8 Å². The number of esters is 2. The smallest absolute Gasteiger partial charge is 0.339 e. The molecule has 0 saturated carbocycles. The number of fused-ring (bicyclic) bond motifs is 11. The number of para-hydroxylation sites is 3. The van der Waals surface area contributed by atoms with Crippen molar-refractivity contribution in [3.8, 4) is 0 Å². The van der Waals surface area contributed by atoms with Gasteiger partial charge in [-0.1, -0.05) is 80.6 Å². The molecular formula is C55H61N5O7. The van der Waals surface area contributed by atoms with Gasteiger partial charge < -0.3 is 33.3 Å². The molecule has 3 aromatic carbocycles. The van der Waals surface area contributed by atoms with E-state index in [-0.39, 0.29) is 30.9 Å². The maximum Gasteiger partial charge on any atom is 0.339 e. The van der Waals surface area contributed by atoms with Crippen molar-refractivity contribution in [2.75, 3.05) is 31.2 Å². The Bertz CT molecular complexity index is 2960. The monoisotopic (exact) mass is 903 g/mol. The fraction of sp³-hybridized carbons (Fsp3) is 0.436. The number of nitrogens with zero attached hydrogens (tertiary/aromatic N) is 5. The lowest BCUT2D eigenvalue weighted by atomic mass is 9.69. The zero-order valence-electron chi connectivity index (χ0n) is 39.8. The highest BCUT2D eigenvalue weighted by Gasteiger charge is 2.55. The Morgan fingerprint density at radius 3 is 1.54 bits per heavy atom. The van der Waals surface area contributed by atoms with Gasteiger partial charge in [-0.25, -0.2) is 9.59 Å². The van der Waals surface area contributed by atoms with E-state index in [0.29, 0.717) is 54.9 Å². The Hall–Kier alpha value is -6.43. The Morgan fingerprint density at radius 1 is 0.597 bits per heavy atom. The summed E-state index contributed by atoms with van der Waals surface area (Å²) in [6.45, 7) is 14.2. The summed E-state index contributed by atoms with van der Waals surface area (Å²) in [5, 5.41) is 1.76. The van der Waals surface area contributed by atoms with E-state index in [1.165, 1.54) is 0 Å². The maximum atomic E-state index is 14.9. The standard InChI is InChI=1S/C55H61N5O7/c1-8-54-26-18-28-56(33(5)61)52(54)59-43-24-16-13-21-37(43)45(48(59)40(31-54)50(64)66-10-3)39-30-36-20-12-15-23-42(36)58(35(7)63)47(39)46-38-22-14-17-25-44(38)60-49(46)41(51(65)67-11-4)32-55(9-2)27-19-29-57(34(6)62)53(55)60/h12-17,20-25,31-32,39,47,52-53H,8-11,18-19,26-30H2,1-7H3/t39-,47+,52+,53+,54-,55-/m0/s1. The second-order valence-corrected chi connectivity index (χ2v) is 19.2. The fourth-order valence-corrected chi connectivity index (χ4v) is 13.3. The minimum absolute atomic E-state index is 0.0383. The molecule has 3 amide bonds. The molecule has 5 aliphatic heterocycles. The summed E-state index contributed by atoms with van der Waals surface area (Å²) in [5.74, 6) is -1.69. The van der Waals surface area contributed by atoms with Crippen LogP contribution in [0.3, 0.4) is 0 Å². The van der Waals surface area contributed by atoms with Gasteiger partial charge in [-0.15, -0.1) is 0 Å². The molecule has 0 aliphatic carbocycles. The third-order valence-electron chi connectivity index (χ3n) is 15.9. The molecule has 5 aliphatic rings. The van der Waals surface area contributed by atoms with Crippen LogP contribution in [-0.4, -0.2) is 74.9 Å². The zero-order valence-corrected chi connectivity index (χ0v) is 39.8. The summed E-state index contributed by atoms with van der Waals surface area (Å²) in [7, 11) is 0. The van der Waals surface area contributed by atoms with Crippen molar-refractivity contribution in [2.45, 2.75) is 118 Å². The Labute approximate surface area is 392 Å². The number of benzene rings is 3. The van der Waals surface area contributed by atoms with Crippen LogP contribution in [0.2, 0.25) is 0 Å². The van der Waals surface area contributed by atoms with E-state index in [4.69, 9.17) is 9.47 Å². The van der Waals surface area contributed by atoms with Gasteiger partial charge in [0.15, 0.2) is 0 Å². The zero-order chi connectivity index (χ0) is 47.1. The van der Waals surface area contributed by atoms with Crippen LogP contribution in [0.25, 0.3) is 33.0 Å². The van der Waals surface area contributed by atoms with Gasteiger partial charge in [-0.05, 0) is 88.1 Å². The molecule has 0 spiro atoms. The van der Waals surface area contributed by atoms with Crippen molar-refractivity contribution in [1.29, 1.82) is 0 Å². The average molecular weight is 904 g/mol. The van der Waals surface area contributed by atoms with E-state index in [0.717, 1.165) is 69.9 Å². The summed E-state index contributed by atoms with van der Waals surface area (Å²) in [5.41, 5.74) is 6.13. The Balaban J connectivity index is 1.36. The van der Waals surface area contributed by atoms with Gasteiger partial charge in [0.2, 0.25) is 17.7 Å². The first kappa shape index (κ1) is 44.4. The number of likely N-dealkylation sites (tertiary alicyclic amines) is 2. The van der Waals surface area contributed by atoms with Gasteiger partial charge >= 0.3 is 11.9 Å². The summed E-state index contributed by atoms with van der Waals surface area (Å²) < 4.78 is 16.4. The molecule has 2 fully saturated rings. The van der Waals surface area contributed by atoms with Crippen LogP contribution >= 0.6 is 0 Å². The first-order valence-electron chi connectivity index (χ1n) is 24.3. The highest BCUT2D eigenvalue weighted by molar-refractivity contribution is 6.20. The highest BCUT2D eigenvalue weighted by atomic mass is 16.5. The number of ether oxygens (including phenoxy) is 2. The van der Waals surface area contributed by atoms with Gasteiger partial charge in [0, 0.05) is 72.6 Å². The molecule has 67 heavy (non-hydrogen) atoms.